The maximum absolute atomic E-state index is 13.7. The average Bonchev–Trinajstić information content (AvgIpc) is 2.86. The SMILES string of the molecule is COc1ccc2c(c1)N(S(=O)(=O)c1ccc(C)cc1)CC(O)(Cc1ccc(OC)c(OC)c1)C2O. The van der Waals surface area contributed by atoms with Crippen LogP contribution in [0, 0.1) is 6.92 Å². The number of ether oxygens (including phenoxy) is 3. The smallest absolute Gasteiger partial charge is 0.264 e. The van der Waals surface area contributed by atoms with Crippen molar-refractivity contribution < 1.29 is 32.8 Å². The van der Waals surface area contributed by atoms with Crippen LogP contribution in [-0.4, -0.2) is 52.1 Å². The summed E-state index contributed by atoms with van der Waals surface area (Å²) in [5.74, 6) is 1.42. The first-order chi connectivity index (χ1) is 16.6. The standard InChI is InChI=1S/C26H29NO7S/c1-17-5-9-20(10-6-17)35(30,31)27-16-26(29,15-18-7-12-23(33-3)24(13-18)34-4)25(28)21-11-8-19(32-2)14-22(21)27/h5-14,25,28-29H,15-16H2,1-4H3. The van der Waals surface area contributed by atoms with Gasteiger partial charge in [-0.05, 0) is 42.8 Å². The van der Waals surface area contributed by atoms with Gasteiger partial charge in [-0.15, -0.1) is 0 Å². The molecule has 186 valence electrons. The summed E-state index contributed by atoms with van der Waals surface area (Å²) in [5.41, 5.74) is 0.294. The minimum Gasteiger partial charge on any atom is -0.497 e. The van der Waals surface area contributed by atoms with E-state index >= 15 is 0 Å². The van der Waals surface area contributed by atoms with E-state index in [1.165, 1.54) is 33.5 Å². The van der Waals surface area contributed by atoms with Gasteiger partial charge in [0.1, 0.15) is 17.5 Å². The Bertz CT molecular complexity index is 1320. The molecule has 0 saturated heterocycles. The molecule has 35 heavy (non-hydrogen) atoms. The molecule has 0 saturated carbocycles. The molecule has 0 spiro atoms. The van der Waals surface area contributed by atoms with Crippen LogP contribution in [0.15, 0.2) is 65.6 Å². The molecule has 0 bridgehead atoms. The summed E-state index contributed by atoms with van der Waals surface area (Å²) in [4.78, 5) is 0.0849. The van der Waals surface area contributed by atoms with Crippen LogP contribution in [0.5, 0.6) is 17.2 Å². The first-order valence-electron chi connectivity index (χ1n) is 11.0. The van der Waals surface area contributed by atoms with Gasteiger partial charge in [-0.25, -0.2) is 8.42 Å². The number of fused-ring (bicyclic) bond motifs is 1. The van der Waals surface area contributed by atoms with E-state index < -0.39 is 21.7 Å². The molecule has 3 aromatic carbocycles. The summed E-state index contributed by atoms with van der Waals surface area (Å²) < 4.78 is 44.6. The minimum atomic E-state index is -4.07. The predicted molar refractivity (Wildman–Crippen MR) is 132 cm³/mol. The molecule has 4 rings (SSSR count). The molecule has 1 heterocycles. The van der Waals surface area contributed by atoms with Crippen molar-refractivity contribution in [2.45, 2.75) is 29.9 Å². The number of anilines is 1. The number of β-amino-alcohol motifs (C(OH)–C–C–N with tert-alkyl or cyclic N) is 1. The number of nitrogens with zero attached hydrogens (tertiary/aromatic N) is 1. The summed E-state index contributed by atoms with van der Waals surface area (Å²) in [5, 5.41) is 23.0. The molecule has 0 amide bonds. The second-order valence-corrected chi connectivity index (χ2v) is 10.5. The number of hydrogen-bond donors (Lipinski definition) is 2. The Balaban J connectivity index is 1.81. The summed E-state index contributed by atoms with van der Waals surface area (Å²) in [6.45, 7) is 1.51. The molecule has 0 fully saturated rings. The van der Waals surface area contributed by atoms with Crippen LogP contribution in [0.4, 0.5) is 5.69 Å². The van der Waals surface area contributed by atoms with Crippen LogP contribution in [0.1, 0.15) is 22.8 Å². The molecule has 1 aliphatic rings. The summed E-state index contributed by atoms with van der Waals surface area (Å²) in [6, 6.07) is 16.4. The van der Waals surface area contributed by atoms with Crippen molar-refractivity contribution in [1.82, 2.24) is 0 Å². The zero-order valence-electron chi connectivity index (χ0n) is 20.1. The topological polar surface area (TPSA) is 106 Å². The van der Waals surface area contributed by atoms with Crippen molar-refractivity contribution in [3.63, 3.8) is 0 Å². The van der Waals surface area contributed by atoms with Crippen molar-refractivity contribution in [2.24, 2.45) is 0 Å². The number of aryl methyl sites for hydroxylation is 1. The highest BCUT2D eigenvalue weighted by molar-refractivity contribution is 7.92. The number of hydrogen-bond acceptors (Lipinski definition) is 7. The highest BCUT2D eigenvalue weighted by atomic mass is 32.2. The van der Waals surface area contributed by atoms with Gasteiger partial charge in [-0.3, -0.25) is 4.31 Å². The van der Waals surface area contributed by atoms with E-state index in [2.05, 4.69) is 0 Å². The molecule has 3 aromatic rings. The van der Waals surface area contributed by atoms with Crippen LogP contribution in [0.2, 0.25) is 0 Å². The molecule has 8 nitrogen and oxygen atoms in total. The fraction of sp³-hybridized carbons (Fsp3) is 0.308. The van der Waals surface area contributed by atoms with Crippen LogP contribution < -0.4 is 18.5 Å². The third-order valence-corrected chi connectivity index (χ3v) is 8.07. The molecule has 2 atom stereocenters. The lowest BCUT2D eigenvalue weighted by Crippen LogP contribution is -2.54. The molecule has 0 radical (unpaired) electrons. The molecular formula is C26H29NO7S. The number of rotatable bonds is 7. The molecule has 0 aromatic heterocycles. The third kappa shape index (κ3) is 4.54. The molecular weight excluding hydrogens is 470 g/mol. The molecule has 0 aliphatic carbocycles. The fourth-order valence-corrected chi connectivity index (χ4v) is 5.90. The minimum absolute atomic E-state index is 0.0279. The van der Waals surface area contributed by atoms with Gasteiger partial charge in [0.15, 0.2) is 11.5 Å². The van der Waals surface area contributed by atoms with Crippen LogP contribution in [0.25, 0.3) is 0 Å². The summed E-state index contributed by atoms with van der Waals surface area (Å²) in [7, 11) is 0.442. The first-order valence-corrected chi connectivity index (χ1v) is 12.5. The average molecular weight is 500 g/mol. The fourth-order valence-electron chi connectivity index (χ4n) is 4.36. The highest BCUT2D eigenvalue weighted by Crippen LogP contribution is 2.45. The lowest BCUT2D eigenvalue weighted by Gasteiger charge is -2.44. The number of methoxy groups -OCH3 is 3. The maximum atomic E-state index is 13.7. The molecule has 1 aliphatic heterocycles. The lowest BCUT2D eigenvalue weighted by molar-refractivity contribution is -0.0730. The molecule has 2 unspecified atom stereocenters. The molecule has 2 N–H and O–H groups in total. The highest BCUT2D eigenvalue weighted by Gasteiger charge is 2.47. The Kier molecular flexibility index (Phi) is 6.68. The first kappa shape index (κ1) is 24.8. The van der Waals surface area contributed by atoms with Crippen LogP contribution in [-0.2, 0) is 16.4 Å². The van der Waals surface area contributed by atoms with Gasteiger partial charge in [0.25, 0.3) is 10.0 Å². The van der Waals surface area contributed by atoms with Crippen molar-refractivity contribution >= 4 is 15.7 Å². The van der Waals surface area contributed by atoms with Crippen LogP contribution >= 0.6 is 0 Å². The van der Waals surface area contributed by atoms with Crippen molar-refractivity contribution in [3.8, 4) is 17.2 Å². The number of benzene rings is 3. The Morgan fingerprint density at radius 2 is 1.63 bits per heavy atom. The van der Waals surface area contributed by atoms with E-state index in [0.29, 0.717) is 22.8 Å². The summed E-state index contributed by atoms with van der Waals surface area (Å²) >= 11 is 0. The van der Waals surface area contributed by atoms with Gasteiger partial charge in [-0.2, -0.15) is 0 Å². The maximum Gasteiger partial charge on any atom is 0.264 e. The van der Waals surface area contributed by atoms with E-state index in [9.17, 15) is 18.6 Å². The van der Waals surface area contributed by atoms with Gasteiger partial charge >= 0.3 is 0 Å². The normalized spacial score (nSPS) is 19.7. The summed E-state index contributed by atoms with van der Waals surface area (Å²) in [6.07, 6.45) is -1.37. The molecule has 9 heteroatoms. The number of aliphatic hydroxyl groups excluding tert-OH is 1. The second-order valence-electron chi connectivity index (χ2n) is 8.62. The Morgan fingerprint density at radius 1 is 0.943 bits per heavy atom. The largest absolute Gasteiger partial charge is 0.497 e. The van der Waals surface area contributed by atoms with Crippen molar-refractivity contribution in [2.75, 3.05) is 32.2 Å². The Morgan fingerprint density at radius 3 is 2.26 bits per heavy atom. The van der Waals surface area contributed by atoms with E-state index in [4.69, 9.17) is 14.2 Å². The van der Waals surface area contributed by atoms with E-state index in [0.717, 1.165) is 9.87 Å². The van der Waals surface area contributed by atoms with Gasteiger partial charge in [0.05, 0.1) is 38.5 Å². The van der Waals surface area contributed by atoms with Crippen molar-refractivity contribution in [3.05, 3.63) is 77.4 Å². The van der Waals surface area contributed by atoms with Crippen LogP contribution in [0.3, 0.4) is 0 Å². The number of aliphatic hydroxyl groups is 2. The quantitative estimate of drug-likeness (QED) is 0.514. The zero-order chi connectivity index (χ0) is 25.4. The van der Waals surface area contributed by atoms with Gasteiger partial charge < -0.3 is 24.4 Å². The van der Waals surface area contributed by atoms with E-state index in [1.807, 2.05) is 6.92 Å². The Hall–Kier alpha value is -3.27. The number of sulfonamides is 1. The van der Waals surface area contributed by atoms with E-state index in [-0.39, 0.29) is 29.1 Å². The van der Waals surface area contributed by atoms with E-state index in [1.54, 1.807) is 48.5 Å². The lowest BCUT2D eigenvalue weighted by atomic mass is 9.82. The third-order valence-electron chi connectivity index (χ3n) is 6.29. The predicted octanol–water partition coefficient (Wildman–Crippen LogP) is 3.24. The Labute approximate surface area is 205 Å². The van der Waals surface area contributed by atoms with Gasteiger partial charge in [-0.1, -0.05) is 29.8 Å². The van der Waals surface area contributed by atoms with Crippen molar-refractivity contribution in [1.29, 1.82) is 0 Å². The van der Waals surface area contributed by atoms with Gasteiger partial charge in [0, 0.05) is 18.1 Å². The second kappa shape index (κ2) is 9.41. The van der Waals surface area contributed by atoms with Gasteiger partial charge in [0.2, 0.25) is 0 Å². The monoisotopic (exact) mass is 499 g/mol. The zero-order valence-corrected chi connectivity index (χ0v) is 20.9.